The van der Waals surface area contributed by atoms with E-state index >= 15 is 0 Å². The lowest BCUT2D eigenvalue weighted by molar-refractivity contribution is 0.0554. The van der Waals surface area contributed by atoms with Gasteiger partial charge in [-0.3, -0.25) is 19.3 Å². The first-order valence-electron chi connectivity index (χ1n) is 7.58. The number of rotatable bonds is 1. The molecule has 120 valence electrons. The van der Waals surface area contributed by atoms with Crippen LogP contribution in [0.4, 0.5) is 10.1 Å². The van der Waals surface area contributed by atoms with E-state index in [1.165, 1.54) is 6.07 Å². The van der Waals surface area contributed by atoms with Crippen LogP contribution in [0.2, 0.25) is 0 Å². The first-order valence-corrected chi connectivity index (χ1v) is 7.58. The Labute approximate surface area is 136 Å². The first-order chi connectivity index (χ1) is 11.5. The summed E-state index contributed by atoms with van der Waals surface area (Å²) in [6.45, 7) is 0. The lowest BCUT2D eigenvalue weighted by atomic mass is 9.84. The van der Waals surface area contributed by atoms with Crippen molar-refractivity contribution in [2.24, 2.45) is 0 Å². The quantitative estimate of drug-likeness (QED) is 0.646. The van der Waals surface area contributed by atoms with E-state index in [-0.39, 0.29) is 35.4 Å². The van der Waals surface area contributed by atoms with E-state index < -0.39 is 23.7 Å². The minimum absolute atomic E-state index is 0.0424. The number of halogens is 1. The highest BCUT2D eigenvalue weighted by Crippen LogP contribution is 2.41. The zero-order valence-corrected chi connectivity index (χ0v) is 12.6. The third kappa shape index (κ3) is 1.83. The summed E-state index contributed by atoms with van der Waals surface area (Å²) in [6.07, 6.45) is 0.302. The second-order valence-corrected chi connectivity index (χ2v) is 5.93. The van der Waals surface area contributed by atoms with Crippen molar-refractivity contribution in [3.63, 3.8) is 0 Å². The number of carbonyl (C=O) groups is 3. The zero-order chi connectivity index (χ0) is 17.0. The monoisotopic (exact) mass is 324 g/mol. The zero-order valence-electron chi connectivity index (χ0n) is 12.6. The Hall–Kier alpha value is -3.02. The second-order valence-electron chi connectivity index (χ2n) is 5.93. The summed E-state index contributed by atoms with van der Waals surface area (Å²) in [6, 6.07) is 8.15. The van der Waals surface area contributed by atoms with Gasteiger partial charge in [-0.2, -0.15) is 0 Å². The number of Topliss-reactive ketones (excluding diaryl/α,β-unsaturated/α-hetero) is 1. The van der Waals surface area contributed by atoms with Gasteiger partial charge in [0.15, 0.2) is 5.78 Å². The molecule has 0 aromatic heterocycles. The number of nitrogens with zero attached hydrogens (tertiary/aromatic N) is 1. The van der Waals surface area contributed by atoms with Gasteiger partial charge in [-0.15, -0.1) is 0 Å². The number of nitrogen functional groups attached to an aromatic ring is 1. The van der Waals surface area contributed by atoms with Crippen molar-refractivity contribution in [3.8, 4) is 0 Å². The third-order valence-electron chi connectivity index (χ3n) is 4.62. The summed E-state index contributed by atoms with van der Waals surface area (Å²) in [4.78, 5) is 38.5. The normalized spacial score (nSPS) is 19.5. The molecule has 24 heavy (non-hydrogen) atoms. The fourth-order valence-electron chi connectivity index (χ4n) is 3.53. The predicted molar refractivity (Wildman–Crippen MR) is 84.1 cm³/mol. The standard InChI is InChI=1S/C18H13FN2O3/c19-11-5-6-12(20)16-14(22)8-7-13(15(11)16)21-17(23)9-3-1-2-4-10(9)18(21)24/h1-6,13H,7-8,20H2. The van der Waals surface area contributed by atoms with Crippen LogP contribution < -0.4 is 5.73 Å². The van der Waals surface area contributed by atoms with Crippen LogP contribution in [0, 0.1) is 5.82 Å². The fraction of sp³-hybridized carbons (Fsp3) is 0.167. The number of hydrogen-bond acceptors (Lipinski definition) is 4. The number of imide groups is 1. The maximum atomic E-state index is 14.5. The molecule has 0 saturated heterocycles. The van der Waals surface area contributed by atoms with E-state index in [4.69, 9.17) is 5.73 Å². The van der Waals surface area contributed by atoms with Gasteiger partial charge in [0.25, 0.3) is 11.8 Å². The van der Waals surface area contributed by atoms with Crippen molar-refractivity contribution in [2.45, 2.75) is 18.9 Å². The summed E-state index contributed by atoms with van der Waals surface area (Å²) in [5.41, 5.74) is 6.73. The SMILES string of the molecule is Nc1ccc(F)c2c1C(=O)CCC2N1C(=O)c2ccccc2C1=O. The van der Waals surface area contributed by atoms with E-state index in [0.29, 0.717) is 11.1 Å². The number of benzene rings is 2. The van der Waals surface area contributed by atoms with E-state index in [1.54, 1.807) is 24.3 Å². The Morgan fingerprint density at radius 2 is 1.62 bits per heavy atom. The number of fused-ring (bicyclic) bond motifs is 2. The molecule has 1 unspecified atom stereocenters. The molecule has 1 aliphatic heterocycles. The van der Waals surface area contributed by atoms with Crippen molar-refractivity contribution >= 4 is 23.3 Å². The molecule has 2 aromatic rings. The molecule has 0 fully saturated rings. The Kier molecular flexibility index (Phi) is 3.03. The molecule has 0 bridgehead atoms. The predicted octanol–water partition coefficient (Wildman–Crippen LogP) is 2.72. The maximum absolute atomic E-state index is 14.5. The van der Waals surface area contributed by atoms with Crippen molar-refractivity contribution in [1.29, 1.82) is 0 Å². The summed E-state index contributed by atoms with van der Waals surface area (Å²) < 4.78 is 14.5. The summed E-state index contributed by atoms with van der Waals surface area (Å²) >= 11 is 0. The molecule has 0 radical (unpaired) electrons. The summed E-state index contributed by atoms with van der Waals surface area (Å²) in [5, 5.41) is 0. The van der Waals surface area contributed by atoms with Crippen LogP contribution in [0.25, 0.3) is 0 Å². The van der Waals surface area contributed by atoms with Crippen LogP contribution in [0.1, 0.15) is 55.5 Å². The first kappa shape index (κ1) is 14.6. The van der Waals surface area contributed by atoms with Crippen LogP contribution >= 0.6 is 0 Å². The van der Waals surface area contributed by atoms with Gasteiger partial charge in [0, 0.05) is 23.2 Å². The van der Waals surface area contributed by atoms with Crippen LogP contribution in [-0.4, -0.2) is 22.5 Å². The van der Waals surface area contributed by atoms with Crippen molar-refractivity contribution < 1.29 is 18.8 Å². The molecule has 2 N–H and O–H groups in total. The van der Waals surface area contributed by atoms with E-state index in [2.05, 4.69) is 0 Å². The number of ketones is 1. The number of nitrogens with two attached hydrogens (primary N) is 1. The maximum Gasteiger partial charge on any atom is 0.262 e. The van der Waals surface area contributed by atoms with Gasteiger partial charge in [-0.25, -0.2) is 4.39 Å². The molecule has 4 rings (SSSR count). The molecule has 5 nitrogen and oxygen atoms in total. The Balaban J connectivity index is 1.88. The molecule has 1 aliphatic carbocycles. The molecule has 1 heterocycles. The Bertz CT molecular complexity index is 887. The molecular formula is C18H13FN2O3. The van der Waals surface area contributed by atoms with E-state index in [9.17, 15) is 18.8 Å². The molecule has 6 heteroatoms. The van der Waals surface area contributed by atoms with Gasteiger partial charge < -0.3 is 5.73 Å². The van der Waals surface area contributed by atoms with Crippen molar-refractivity contribution in [2.75, 3.05) is 5.73 Å². The number of hydrogen-bond donors (Lipinski definition) is 1. The smallest absolute Gasteiger partial charge is 0.262 e. The molecule has 2 amide bonds. The lowest BCUT2D eigenvalue weighted by Gasteiger charge is -2.32. The molecular weight excluding hydrogens is 311 g/mol. The lowest BCUT2D eigenvalue weighted by Crippen LogP contribution is -2.37. The average Bonchev–Trinajstić information content (AvgIpc) is 2.83. The van der Waals surface area contributed by atoms with Gasteiger partial charge in [0.05, 0.1) is 17.2 Å². The van der Waals surface area contributed by atoms with Crippen LogP contribution in [0.5, 0.6) is 0 Å². The van der Waals surface area contributed by atoms with Gasteiger partial charge in [-0.1, -0.05) is 12.1 Å². The number of carbonyl (C=O) groups excluding carboxylic acids is 3. The third-order valence-corrected chi connectivity index (χ3v) is 4.62. The molecule has 0 saturated carbocycles. The van der Waals surface area contributed by atoms with Gasteiger partial charge in [-0.05, 0) is 30.7 Å². The molecule has 2 aliphatic rings. The Morgan fingerprint density at radius 1 is 1.00 bits per heavy atom. The Morgan fingerprint density at radius 3 is 2.25 bits per heavy atom. The highest BCUT2D eigenvalue weighted by Gasteiger charge is 2.44. The van der Waals surface area contributed by atoms with Gasteiger partial charge >= 0.3 is 0 Å². The molecule has 0 spiro atoms. The average molecular weight is 324 g/mol. The van der Waals surface area contributed by atoms with Crippen molar-refractivity contribution in [3.05, 3.63) is 64.5 Å². The molecule has 2 aromatic carbocycles. The van der Waals surface area contributed by atoms with E-state index in [1.807, 2.05) is 0 Å². The second kappa shape index (κ2) is 4.99. The summed E-state index contributed by atoms with van der Waals surface area (Å²) in [5.74, 6) is -1.84. The number of anilines is 1. The van der Waals surface area contributed by atoms with Crippen molar-refractivity contribution in [1.82, 2.24) is 4.90 Å². The molecule has 1 atom stereocenters. The largest absolute Gasteiger partial charge is 0.398 e. The van der Waals surface area contributed by atoms with Crippen LogP contribution in [-0.2, 0) is 0 Å². The minimum atomic E-state index is -0.825. The van der Waals surface area contributed by atoms with Gasteiger partial charge in [0.2, 0.25) is 0 Å². The fourth-order valence-corrected chi connectivity index (χ4v) is 3.53. The summed E-state index contributed by atoms with van der Waals surface area (Å²) in [7, 11) is 0. The highest BCUT2D eigenvalue weighted by atomic mass is 19.1. The van der Waals surface area contributed by atoms with Crippen LogP contribution in [0.15, 0.2) is 36.4 Å². The minimum Gasteiger partial charge on any atom is -0.398 e. The van der Waals surface area contributed by atoms with Gasteiger partial charge in [0.1, 0.15) is 5.82 Å². The number of amides is 2. The van der Waals surface area contributed by atoms with Crippen LogP contribution in [0.3, 0.4) is 0 Å². The van der Waals surface area contributed by atoms with E-state index in [0.717, 1.165) is 11.0 Å². The highest BCUT2D eigenvalue weighted by molar-refractivity contribution is 6.21. The topological polar surface area (TPSA) is 80.5 Å².